The Bertz CT molecular complexity index is 396. The topological polar surface area (TPSA) is 24.5 Å². The molecular weight excluding hydrogens is 272 g/mol. The Kier molecular flexibility index (Phi) is 7.97. The van der Waals surface area contributed by atoms with Gasteiger partial charge in [-0.15, -0.1) is 0 Å². The number of hydrogen-bond donors (Lipinski definition) is 1. The average Bonchev–Trinajstić information content (AvgIpc) is 2.42. The molecule has 0 spiro atoms. The van der Waals surface area contributed by atoms with E-state index in [2.05, 4.69) is 37.1 Å². The summed E-state index contributed by atoms with van der Waals surface area (Å²) in [6.07, 6.45) is 0. The van der Waals surface area contributed by atoms with Crippen molar-refractivity contribution in [1.29, 1.82) is 0 Å². The van der Waals surface area contributed by atoms with E-state index in [1.165, 1.54) is 11.3 Å². The third-order valence-corrected chi connectivity index (χ3v) is 3.57. The summed E-state index contributed by atoms with van der Waals surface area (Å²) < 4.78 is 5.47. The molecule has 114 valence electrons. The van der Waals surface area contributed by atoms with E-state index in [0.717, 1.165) is 37.9 Å². The van der Waals surface area contributed by atoms with Crippen molar-refractivity contribution in [2.45, 2.75) is 40.3 Å². The Labute approximate surface area is 128 Å². The fourth-order valence-corrected chi connectivity index (χ4v) is 2.33. The van der Waals surface area contributed by atoms with Crippen LogP contribution >= 0.6 is 11.6 Å². The van der Waals surface area contributed by atoms with Crippen LogP contribution in [0.4, 0.5) is 5.69 Å². The highest BCUT2D eigenvalue weighted by molar-refractivity contribution is 6.31. The number of rotatable bonds is 9. The number of nitrogens with one attached hydrogen (secondary N) is 1. The van der Waals surface area contributed by atoms with E-state index in [9.17, 15) is 0 Å². The van der Waals surface area contributed by atoms with Crippen molar-refractivity contribution in [3.8, 4) is 0 Å². The monoisotopic (exact) mass is 298 g/mol. The minimum Gasteiger partial charge on any atom is -0.380 e. The van der Waals surface area contributed by atoms with Gasteiger partial charge in [0.05, 0.1) is 6.61 Å². The van der Waals surface area contributed by atoms with Gasteiger partial charge in [-0.1, -0.05) is 31.5 Å². The molecule has 0 saturated heterocycles. The standard InChI is InChI=1S/C16H27ClN2O/c1-5-19(10-11-20-6-2)16-9-7-8-15(17)14(16)12-18-13(3)4/h7-9,13,18H,5-6,10-12H2,1-4H3. The Morgan fingerprint density at radius 2 is 2.05 bits per heavy atom. The average molecular weight is 299 g/mol. The van der Waals surface area contributed by atoms with Crippen molar-refractivity contribution in [3.05, 3.63) is 28.8 Å². The molecule has 4 heteroatoms. The van der Waals surface area contributed by atoms with Crippen molar-refractivity contribution >= 4 is 17.3 Å². The molecular formula is C16H27ClN2O. The van der Waals surface area contributed by atoms with Crippen molar-refractivity contribution in [1.82, 2.24) is 5.32 Å². The van der Waals surface area contributed by atoms with E-state index >= 15 is 0 Å². The maximum absolute atomic E-state index is 6.38. The SMILES string of the molecule is CCOCCN(CC)c1cccc(Cl)c1CNC(C)C. The summed E-state index contributed by atoms with van der Waals surface area (Å²) >= 11 is 6.38. The van der Waals surface area contributed by atoms with Gasteiger partial charge in [-0.25, -0.2) is 0 Å². The van der Waals surface area contributed by atoms with E-state index in [1.807, 2.05) is 19.1 Å². The third-order valence-electron chi connectivity index (χ3n) is 3.21. The first kappa shape index (κ1) is 17.3. The van der Waals surface area contributed by atoms with Gasteiger partial charge in [-0.05, 0) is 26.0 Å². The number of likely N-dealkylation sites (N-methyl/N-ethyl adjacent to an activating group) is 1. The lowest BCUT2D eigenvalue weighted by Crippen LogP contribution is -2.30. The van der Waals surface area contributed by atoms with Gasteiger partial charge < -0.3 is 15.0 Å². The fourth-order valence-electron chi connectivity index (χ4n) is 2.09. The molecule has 0 aromatic heterocycles. The Hall–Kier alpha value is -0.770. The van der Waals surface area contributed by atoms with Crippen LogP contribution in [0.25, 0.3) is 0 Å². The molecule has 0 amide bonds. The van der Waals surface area contributed by atoms with Gasteiger partial charge in [-0.2, -0.15) is 0 Å². The molecule has 1 aromatic carbocycles. The minimum atomic E-state index is 0.442. The first-order valence-electron chi connectivity index (χ1n) is 7.43. The predicted molar refractivity (Wildman–Crippen MR) is 87.8 cm³/mol. The van der Waals surface area contributed by atoms with Crippen molar-refractivity contribution < 1.29 is 4.74 Å². The van der Waals surface area contributed by atoms with Crippen LogP contribution < -0.4 is 10.2 Å². The normalized spacial score (nSPS) is 11.1. The third kappa shape index (κ3) is 5.31. The summed E-state index contributed by atoms with van der Waals surface area (Å²) in [6.45, 7) is 12.6. The molecule has 0 aliphatic heterocycles. The number of nitrogens with zero attached hydrogens (tertiary/aromatic N) is 1. The van der Waals surface area contributed by atoms with E-state index in [4.69, 9.17) is 16.3 Å². The summed E-state index contributed by atoms with van der Waals surface area (Å²) in [5, 5.41) is 4.27. The predicted octanol–water partition coefficient (Wildman–Crippen LogP) is 3.70. The molecule has 0 fully saturated rings. The van der Waals surface area contributed by atoms with Crippen LogP contribution in [-0.2, 0) is 11.3 Å². The summed E-state index contributed by atoms with van der Waals surface area (Å²) in [5.74, 6) is 0. The number of hydrogen-bond acceptors (Lipinski definition) is 3. The van der Waals surface area contributed by atoms with Crippen LogP contribution in [0.3, 0.4) is 0 Å². The molecule has 0 atom stereocenters. The first-order chi connectivity index (χ1) is 9.60. The van der Waals surface area contributed by atoms with E-state index in [0.29, 0.717) is 6.04 Å². The second-order valence-electron chi connectivity index (χ2n) is 5.05. The van der Waals surface area contributed by atoms with Crippen LogP contribution in [0.15, 0.2) is 18.2 Å². The molecule has 0 bridgehead atoms. The zero-order chi connectivity index (χ0) is 15.0. The fraction of sp³-hybridized carbons (Fsp3) is 0.625. The van der Waals surface area contributed by atoms with Crippen molar-refractivity contribution in [3.63, 3.8) is 0 Å². The molecule has 1 rings (SSSR count). The number of benzene rings is 1. The molecule has 0 aliphatic carbocycles. The van der Waals surface area contributed by atoms with Gasteiger partial charge in [0.1, 0.15) is 0 Å². The molecule has 0 aliphatic rings. The van der Waals surface area contributed by atoms with E-state index in [-0.39, 0.29) is 0 Å². The zero-order valence-electron chi connectivity index (χ0n) is 13.1. The lowest BCUT2D eigenvalue weighted by atomic mass is 10.1. The van der Waals surface area contributed by atoms with Gasteiger partial charge in [0.25, 0.3) is 0 Å². The van der Waals surface area contributed by atoms with Gasteiger partial charge >= 0.3 is 0 Å². The second-order valence-corrected chi connectivity index (χ2v) is 5.46. The first-order valence-corrected chi connectivity index (χ1v) is 7.81. The van der Waals surface area contributed by atoms with Gasteiger partial charge in [0.15, 0.2) is 0 Å². The Morgan fingerprint density at radius 1 is 1.30 bits per heavy atom. The molecule has 0 radical (unpaired) electrons. The summed E-state index contributed by atoms with van der Waals surface area (Å²) in [5.41, 5.74) is 2.37. The van der Waals surface area contributed by atoms with Gasteiger partial charge in [0.2, 0.25) is 0 Å². The smallest absolute Gasteiger partial charge is 0.0641 e. The molecule has 1 aromatic rings. The van der Waals surface area contributed by atoms with Crippen LogP contribution in [0.2, 0.25) is 5.02 Å². The lowest BCUT2D eigenvalue weighted by Gasteiger charge is -2.26. The molecule has 20 heavy (non-hydrogen) atoms. The lowest BCUT2D eigenvalue weighted by molar-refractivity contribution is 0.154. The van der Waals surface area contributed by atoms with Gasteiger partial charge in [0, 0.05) is 48.6 Å². The maximum Gasteiger partial charge on any atom is 0.0641 e. The number of ether oxygens (including phenoxy) is 1. The van der Waals surface area contributed by atoms with Crippen molar-refractivity contribution in [2.24, 2.45) is 0 Å². The Morgan fingerprint density at radius 3 is 2.65 bits per heavy atom. The highest BCUT2D eigenvalue weighted by Gasteiger charge is 2.12. The molecule has 0 saturated carbocycles. The second kappa shape index (κ2) is 9.22. The zero-order valence-corrected chi connectivity index (χ0v) is 13.8. The summed E-state index contributed by atoms with van der Waals surface area (Å²) in [4.78, 5) is 2.32. The Balaban J connectivity index is 2.87. The summed E-state index contributed by atoms with van der Waals surface area (Å²) in [7, 11) is 0. The van der Waals surface area contributed by atoms with Gasteiger partial charge in [-0.3, -0.25) is 0 Å². The molecule has 1 N–H and O–H groups in total. The van der Waals surface area contributed by atoms with E-state index in [1.54, 1.807) is 0 Å². The highest BCUT2D eigenvalue weighted by Crippen LogP contribution is 2.27. The van der Waals surface area contributed by atoms with Crippen LogP contribution in [-0.4, -0.2) is 32.3 Å². The van der Waals surface area contributed by atoms with E-state index < -0.39 is 0 Å². The molecule has 0 heterocycles. The minimum absolute atomic E-state index is 0.442. The maximum atomic E-state index is 6.38. The molecule has 3 nitrogen and oxygen atoms in total. The number of halogens is 1. The quantitative estimate of drug-likeness (QED) is 0.704. The van der Waals surface area contributed by atoms with Crippen LogP contribution in [0, 0.1) is 0 Å². The highest BCUT2D eigenvalue weighted by atomic mass is 35.5. The molecule has 0 unspecified atom stereocenters. The summed E-state index contributed by atoms with van der Waals surface area (Å²) in [6, 6.07) is 6.55. The van der Waals surface area contributed by atoms with Crippen molar-refractivity contribution in [2.75, 3.05) is 31.2 Å². The van der Waals surface area contributed by atoms with Crippen LogP contribution in [0.1, 0.15) is 33.3 Å². The number of anilines is 1. The largest absolute Gasteiger partial charge is 0.380 e. The van der Waals surface area contributed by atoms with Crippen LogP contribution in [0.5, 0.6) is 0 Å².